The zero-order valence-electron chi connectivity index (χ0n) is 13.2. The van der Waals surface area contributed by atoms with Crippen LogP contribution in [-0.4, -0.2) is 62.5 Å². The van der Waals surface area contributed by atoms with Crippen LogP contribution in [0.15, 0.2) is 24.3 Å². The van der Waals surface area contributed by atoms with Gasteiger partial charge in [-0.05, 0) is 5.56 Å². The van der Waals surface area contributed by atoms with Crippen molar-refractivity contribution >= 4 is 22.5 Å². The van der Waals surface area contributed by atoms with Crippen LogP contribution in [0.25, 0.3) is 0 Å². The first kappa shape index (κ1) is 23.5. The van der Waals surface area contributed by atoms with Crippen LogP contribution in [0.3, 0.4) is 0 Å². The van der Waals surface area contributed by atoms with Crippen LogP contribution < -0.4 is 56.8 Å². The Morgan fingerprint density at radius 2 is 1.52 bits per heavy atom. The van der Waals surface area contributed by atoms with Crippen molar-refractivity contribution in [2.75, 3.05) is 32.4 Å². The molecule has 23 heavy (non-hydrogen) atoms. The van der Waals surface area contributed by atoms with Crippen LogP contribution in [0, 0.1) is 0 Å². The Morgan fingerprint density at radius 3 is 1.91 bits per heavy atom. The van der Waals surface area contributed by atoms with E-state index in [2.05, 4.69) is 0 Å². The first-order chi connectivity index (χ1) is 9.66. The Hall–Kier alpha value is 0.541. The second-order valence-electron chi connectivity index (χ2n) is 5.25. The summed E-state index contributed by atoms with van der Waals surface area (Å²) in [5.41, 5.74) is 0.201. The van der Waals surface area contributed by atoms with Crippen molar-refractivity contribution < 1.29 is 78.2 Å². The fourth-order valence-corrected chi connectivity index (χ4v) is 3.15. The van der Waals surface area contributed by atoms with E-state index in [9.17, 15) is 21.4 Å². The molecule has 0 atom stereocenters. The number of sulfonamides is 1. The molecular formula is C12H19BF3KN2O3S. The summed E-state index contributed by atoms with van der Waals surface area (Å²) >= 11 is 0. The smallest absolute Gasteiger partial charge is 0.445 e. The van der Waals surface area contributed by atoms with E-state index >= 15 is 0 Å². The summed E-state index contributed by atoms with van der Waals surface area (Å²) < 4.78 is 61.8. The van der Waals surface area contributed by atoms with Gasteiger partial charge in [0.15, 0.2) is 0 Å². The van der Waals surface area contributed by atoms with E-state index in [-0.39, 0.29) is 56.9 Å². The minimum Gasteiger partial charge on any atom is -0.445 e. The van der Waals surface area contributed by atoms with Crippen molar-refractivity contribution in [3.05, 3.63) is 29.8 Å². The molecular weight excluding hydrogens is 359 g/mol. The van der Waals surface area contributed by atoms with Crippen molar-refractivity contribution in [2.45, 2.75) is 6.54 Å². The number of benzene rings is 1. The summed E-state index contributed by atoms with van der Waals surface area (Å²) in [6, 6.07) is 5.16. The Labute approximate surface area is 177 Å². The molecule has 0 spiro atoms. The second kappa shape index (κ2) is 9.30. The third kappa shape index (κ3) is 7.12. The van der Waals surface area contributed by atoms with Crippen molar-refractivity contribution in [2.24, 2.45) is 0 Å². The van der Waals surface area contributed by atoms with Crippen LogP contribution in [0.1, 0.15) is 5.56 Å². The maximum atomic E-state index is 12.5. The Balaban J connectivity index is 0.00000242. The molecule has 1 fully saturated rings. The largest absolute Gasteiger partial charge is 1.00 e. The standard InChI is InChI=1S/C12H17BF3N2O2S.K.H2O/c1-21(19,20)18-8-6-17(7-9-18)10-11-2-4-12(5-3-11)13(14,15)16;;/h2-5H,6-10H2,1H3;;1H2/q-1;+1;. The quantitative estimate of drug-likeness (QED) is 0.525. The zero-order valence-corrected chi connectivity index (χ0v) is 17.1. The molecule has 0 radical (unpaired) electrons. The average molecular weight is 378 g/mol. The van der Waals surface area contributed by atoms with Gasteiger partial charge in [-0.2, -0.15) is 4.31 Å². The van der Waals surface area contributed by atoms with Crippen LogP contribution in [-0.2, 0) is 16.6 Å². The van der Waals surface area contributed by atoms with Crippen molar-refractivity contribution in [1.82, 2.24) is 9.21 Å². The van der Waals surface area contributed by atoms with Crippen LogP contribution in [0.4, 0.5) is 12.9 Å². The van der Waals surface area contributed by atoms with Gasteiger partial charge in [-0.25, -0.2) is 8.42 Å². The SMILES string of the molecule is CS(=O)(=O)N1CCN(Cc2ccc([B-](F)(F)F)cc2)CC1.O.[K+]. The molecule has 1 saturated heterocycles. The Morgan fingerprint density at radius 1 is 1.04 bits per heavy atom. The molecule has 11 heteroatoms. The molecule has 0 amide bonds. The molecule has 0 bridgehead atoms. The van der Waals surface area contributed by atoms with Gasteiger partial charge >= 0.3 is 58.4 Å². The number of nitrogens with zero attached hydrogens (tertiary/aromatic N) is 2. The number of hydrogen-bond donors (Lipinski definition) is 0. The average Bonchev–Trinajstić information content (AvgIpc) is 2.38. The Bertz CT molecular complexity index is 591. The number of rotatable bonds is 4. The molecule has 1 aliphatic heterocycles. The third-order valence-electron chi connectivity index (χ3n) is 3.56. The van der Waals surface area contributed by atoms with Gasteiger partial charge < -0.3 is 18.4 Å². The zero-order chi connectivity index (χ0) is 15.7. The molecule has 5 nitrogen and oxygen atoms in total. The topological polar surface area (TPSA) is 72.1 Å². The summed E-state index contributed by atoms with van der Waals surface area (Å²) in [7, 11) is -3.16. The van der Waals surface area contributed by atoms with E-state index in [4.69, 9.17) is 0 Å². The second-order valence-corrected chi connectivity index (χ2v) is 7.24. The van der Waals surface area contributed by atoms with Crippen LogP contribution in [0.5, 0.6) is 0 Å². The molecule has 1 heterocycles. The van der Waals surface area contributed by atoms with Crippen molar-refractivity contribution in [3.8, 4) is 0 Å². The maximum absolute atomic E-state index is 12.5. The van der Waals surface area contributed by atoms with E-state index in [1.807, 2.05) is 4.90 Å². The third-order valence-corrected chi connectivity index (χ3v) is 4.87. The predicted octanol–water partition coefficient (Wildman–Crippen LogP) is -3.00. The van der Waals surface area contributed by atoms with Gasteiger partial charge in [0.2, 0.25) is 10.0 Å². The molecule has 2 N–H and O–H groups in total. The summed E-state index contributed by atoms with van der Waals surface area (Å²) in [6.45, 7) is -2.42. The van der Waals surface area contributed by atoms with Crippen molar-refractivity contribution in [1.29, 1.82) is 0 Å². The van der Waals surface area contributed by atoms with Gasteiger partial charge in [0.1, 0.15) is 0 Å². The van der Waals surface area contributed by atoms with Gasteiger partial charge in [-0.1, -0.05) is 24.3 Å². The fraction of sp³-hybridized carbons (Fsp3) is 0.500. The summed E-state index contributed by atoms with van der Waals surface area (Å²) in [5.74, 6) is 0. The van der Waals surface area contributed by atoms with Gasteiger partial charge in [-0.15, -0.1) is 5.46 Å². The van der Waals surface area contributed by atoms with Gasteiger partial charge in [0.05, 0.1) is 6.26 Å². The summed E-state index contributed by atoms with van der Waals surface area (Å²) in [6.07, 6.45) is 1.18. The van der Waals surface area contributed by atoms with E-state index in [0.29, 0.717) is 32.7 Å². The minimum atomic E-state index is -4.95. The van der Waals surface area contributed by atoms with E-state index in [0.717, 1.165) is 17.7 Å². The van der Waals surface area contributed by atoms with E-state index in [1.54, 1.807) is 0 Å². The maximum Gasteiger partial charge on any atom is 1.00 e. The summed E-state index contributed by atoms with van der Waals surface area (Å²) in [4.78, 5) is 2.04. The molecule has 0 saturated carbocycles. The van der Waals surface area contributed by atoms with Gasteiger partial charge in [-0.3, -0.25) is 4.90 Å². The monoisotopic (exact) mass is 378 g/mol. The normalized spacial score (nSPS) is 17.2. The molecule has 2 rings (SSSR count). The van der Waals surface area contributed by atoms with E-state index in [1.165, 1.54) is 22.7 Å². The van der Waals surface area contributed by atoms with Gasteiger partial charge in [0.25, 0.3) is 0 Å². The molecule has 0 unspecified atom stereocenters. The molecule has 0 aromatic heterocycles. The van der Waals surface area contributed by atoms with Gasteiger partial charge in [0, 0.05) is 32.7 Å². The number of hydrogen-bond acceptors (Lipinski definition) is 3. The summed E-state index contributed by atoms with van der Waals surface area (Å²) in [5, 5.41) is 0. The fourth-order valence-electron chi connectivity index (χ4n) is 2.32. The Kier molecular flexibility index (Phi) is 9.52. The molecule has 1 aromatic rings. The predicted molar refractivity (Wildman–Crippen MR) is 80.5 cm³/mol. The molecule has 1 aliphatic rings. The van der Waals surface area contributed by atoms with E-state index < -0.39 is 22.5 Å². The number of halogens is 3. The first-order valence-electron chi connectivity index (χ1n) is 6.62. The van der Waals surface area contributed by atoms with Crippen LogP contribution in [0.2, 0.25) is 0 Å². The van der Waals surface area contributed by atoms with Crippen molar-refractivity contribution in [3.63, 3.8) is 0 Å². The molecule has 1 aromatic carbocycles. The minimum absolute atomic E-state index is 0. The first-order valence-corrected chi connectivity index (χ1v) is 8.47. The van der Waals surface area contributed by atoms with Crippen LogP contribution >= 0.6 is 0 Å². The molecule has 0 aliphatic carbocycles. The number of piperazine rings is 1. The molecule has 126 valence electrons.